The first-order valence-corrected chi connectivity index (χ1v) is 3.51. The van der Waals surface area contributed by atoms with Gasteiger partial charge in [0.05, 0.1) is 5.69 Å². The standard InChI is InChI=1S/C9H11NO/c1-4-6-8-7(3)10-11-9(8)5-2/h4-6H,2H2,1,3H3/b6-4-. The Morgan fingerprint density at radius 1 is 1.55 bits per heavy atom. The smallest absolute Gasteiger partial charge is 0.166 e. The molecule has 1 aromatic rings. The Labute approximate surface area is 66.2 Å². The summed E-state index contributed by atoms with van der Waals surface area (Å²) in [4.78, 5) is 0. The van der Waals surface area contributed by atoms with Crippen LogP contribution in [0.4, 0.5) is 0 Å². The van der Waals surface area contributed by atoms with Crippen molar-refractivity contribution in [3.05, 3.63) is 29.7 Å². The Morgan fingerprint density at radius 3 is 2.82 bits per heavy atom. The average Bonchev–Trinajstić information content (AvgIpc) is 2.34. The van der Waals surface area contributed by atoms with Gasteiger partial charge < -0.3 is 4.52 Å². The molecule has 0 saturated carbocycles. The Bertz CT molecular complexity index is 284. The first-order valence-electron chi connectivity index (χ1n) is 3.51. The first-order chi connectivity index (χ1) is 5.29. The van der Waals surface area contributed by atoms with Crippen molar-refractivity contribution >= 4 is 12.2 Å². The number of aromatic nitrogens is 1. The molecule has 0 fully saturated rings. The highest BCUT2D eigenvalue weighted by atomic mass is 16.5. The zero-order valence-corrected chi connectivity index (χ0v) is 6.79. The van der Waals surface area contributed by atoms with Crippen LogP contribution in [-0.2, 0) is 0 Å². The lowest BCUT2D eigenvalue weighted by Crippen LogP contribution is -1.75. The van der Waals surface area contributed by atoms with E-state index in [9.17, 15) is 0 Å². The number of nitrogens with zero attached hydrogens (tertiary/aromatic N) is 1. The highest BCUT2D eigenvalue weighted by Crippen LogP contribution is 2.15. The molecular weight excluding hydrogens is 138 g/mol. The topological polar surface area (TPSA) is 26.0 Å². The molecule has 1 aromatic heterocycles. The minimum atomic E-state index is 0.737. The predicted octanol–water partition coefficient (Wildman–Crippen LogP) is 2.66. The van der Waals surface area contributed by atoms with Gasteiger partial charge in [-0.3, -0.25) is 0 Å². The van der Waals surface area contributed by atoms with E-state index < -0.39 is 0 Å². The number of aryl methyl sites for hydroxylation is 1. The van der Waals surface area contributed by atoms with Crippen molar-refractivity contribution in [3.63, 3.8) is 0 Å². The molecule has 0 amide bonds. The highest BCUT2D eigenvalue weighted by molar-refractivity contribution is 5.61. The second-order valence-electron chi connectivity index (χ2n) is 2.25. The molecule has 0 aliphatic carbocycles. The van der Waals surface area contributed by atoms with Crippen molar-refractivity contribution in [2.24, 2.45) is 0 Å². The van der Waals surface area contributed by atoms with Gasteiger partial charge in [0.15, 0.2) is 5.76 Å². The van der Waals surface area contributed by atoms with Crippen molar-refractivity contribution in [2.45, 2.75) is 13.8 Å². The lowest BCUT2D eigenvalue weighted by atomic mass is 10.2. The van der Waals surface area contributed by atoms with Crippen molar-refractivity contribution in [2.75, 3.05) is 0 Å². The van der Waals surface area contributed by atoms with E-state index in [-0.39, 0.29) is 0 Å². The summed E-state index contributed by atoms with van der Waals surface area (Å²) in [6.07, 6.45) is 5.57. The fraction of sp³-hybridized carbons (Fsp3) is 0.222. The average molecular weight is 149 g/mol. The van der Waals surface area contributed by atoms with E-state index in [2.05, 4.69) is 11.7 Å². The van der Waals surface area contributed by atoms with E-state index in [0.717, 1.165) is 17.0 Å². The first kappa shape index (κ1) is 7.79. The van der Waals surface area contributed by atoms with Crippen LogP contribution in [-0.4, -0.2) is 5.16 Å². The minimum absolute atomic E-state index is 0.737. The Hall–Kier alpha value is -1.31. The van der Waals surface area contributed by atoms with E-state index in [0.29, 0.717) is 0 Å². The lowest BCUT2D eigenvalue weighted by molar-refractivity contribution is 0.408. The third-order valence-corrected chi connectivity index (χ3v) is 1.45. The Kier molecular flexibility index (Phi) is 2.26. The monoisotopic (exact) mass is 149 g/mol. The fourth-order valence-corrected chi connectivity index (χ4v) is 0.911. The SMILES string of the molecule is C=Cc1onc(C)c1/C=C\C. The summed E-state index contributed by atoms with van der Waals surface area (Å²) < 4.78 is 4.98. The molecule has 0 atom stereocenters. The molecular formula is C9H11NO. The number of allylic oxidation sites excluding steroid dienone is 1. The van der Waals surface area contributed by atoms with Gasteiger partial charge in [0.2, 0.25) is 0 Å². The van der Waals surface area contributed by atoms with Gasteiger partial charge >= 0.3 is 0 Å². The molecule has 0 aliphatic rings. The van der Waals surface area contributed by atoms with Crippen LogP contribution < -0.4 is 0 Å². The van der Waals surface area contributed by atoms with Crippen molar-refractivity contribution < 1.29 is 4.52 Å². The van der Waals surface area contributed by atoms with Crippen molar-refractivity contribution in [1.29, 1.82) is 0 Å². The summed E-state index contributed by atoms with van der Waals surface area (Å²) in [7, 11) is 0. The largest absolute Gasteiger partial charge is 0.356 e. The molecule has 0 bridgehead atoms. The van der Waals surface area contributed by atoms with Gasteiger partial charge in [-0.1, -0.05) is 23.9 Å². The van der Waals surface area contributed by atoms with Crippen LogP contribution in [0.2, 0.25) is 0 Å². The van der Waals surface area contributed by atoms with Gasteiger partial charge in [0.1, 0.15) is 0 Å². The van der Waals surface area contributed by atoms with Crippen LogP contribution in [0.1, 0.15) is 23.9 Å². The molecule has 58 valence electrons. The van der Waals surface area contributed by atoms with Crippen molar-refractivity contribution in [3.8, 4) is 0 Å². The van der Waals surface area contributed by atoms with Crippen LogP contribution in [0.5, 0.6) is 0 Å². The summed E-state index contributed by atoms with van der Waals surface area (Å²) in [6.45, 7) is 7.49. The molecule has 1 heterocycles. The van der Waals surface area contributed by atoms with E-state index >= 15 is 0 Å². The Morgan fingerprint density at radius 2 is 2.27 bits per heavy atom. The number of hydrogen-bond acceptors (Lipinski definition) is 2. The highest BCUT2D eigenvalue weighted by Gasteiger charge is 2.04. The van der Waals surface area contributed by atoms with Crippen molar-refractivity contribution in [1.82, 2.24) is 5.16 Å². The summed E-state index contributed by atoms with van der Waals surface area (Å²) in [5.41, 5.74) is 1.92. The quantitative estimate of drug-likeness (QED) is 0.646. The maximum atomic E-state index is 4.98. The molecule has 0 aliphatic heterocycles. The fourth-order valence-electron chi connectivity index (χ4n) is 0.911. The summed E-state index contributed by atoms with van der Waals surface area (Å²) >= 11 is 0. The maximum absolute atomic E-state index is 4.98. The van der Waals surface area contributed by atoms with Crippen LogP contribution >= 0.6 is 0 Å². The number of hydrogen-bond donors (Lipinski definition) is 0. The van der Waals surface area contributed by atoms with Crippen LogP contribution in [0.15, 0.2) is 17.2 Å². The molecule has 2 heteroatoms. The summed E-state index contributed by atoms with van der Waals surface area (Å²) in [6, 6.07) is 0. The molecule has 2 nitrogen and oxygen atoms in total. The van der Waals surface area contributed by atoms with E-state index in [1.807, 2.05) is 26.0 Å². The molecule has 1 rings (SSSR count). The Balaban J connectivity index is 3.17. The van der Waals surface area contributed by atoms with Gasteiger partial charge in [-0.2, -0.15) is 0 Å². The summed E-state index contributed by atoms with van der Waals surface area (Å²) in [5.74, 6) is 0.737. The zero-order chi connectivity index (χ0) is 8.27. The normalized spacial score (nSPS) is 10.7. The zero-order valence-electron chi connectivity index (χ0n) is 6.79. The lowest BCUT2D eigenvalue weighted by Gasteiger charge is -1.86. The van der Waals surface area contributed by atoms with E-state index in [1.54, 1.807) is 6.08 Å². The van der Waals surface area contributed by atoms with Gasteiger partial charge in [0, 0.05) is 5.56 Å². The number of rotatable bonds is 2. The van der Waals surface area contributed by atoms with Gasteiger partial charge in [-0.05, 0) is 19.9 Å². The predicted molar refractivity (Wildman–Crippen MR) is 46.0 cm³/mol. The van der Waals surface area contributed by atoms with E-state index in [1.165, 1.54) is 0 Å². The van der Waals surface area contributed by atoms with Gasteiger partial charge in [-0.25, -0.2) is 0 Å². The third-order valence-electron chi connectivity index (χ3n) is 1.45. The van der Waals surface area contributed by atoms with Gasteiger partial charge in [0.25, 0.3) is 0 Å². The van der Waals surface area contributed by atoms with Crippen LogP contribution in [0.3, 0.4) is 0 Å². The second-order valence-corrected chi connectivity index (χ2v) is 2.25. The third kappa shape index (κ3) is 1.40. The molecule has 0 radical (unpaired) electrons. The van der Waals surface area contributed by atoms with E-state index in [4.69, 9.17) is 4.52 Å². The molecule has 0 unspecified atom stereocenters. The molecule has 0 N–H and O–H groups in total. The molecule has 11 heavy (non-hydrogen) atoms. The maximum Gasteiger partial charge on any atom is 0.166 e. The molecule has 0 saturated heterocycles. The minimum Gasteiger partial charge on any atom is -0.356 e. The van der Waals surface area contributed by atoms with Crippen LogP contribution in [0, 0.1) is 6.92 Å². The van der Waals surface area contributed by atoms with Crippen LogP contribution in [0.25, 0.3) is 12.2 Å². The molecule has 0 aromatic carbocycles. The summed E-state index contributed by atoms with van der Waals surface area (Å²) in [5, 5.41) is 3.81. The molecule has 0 spiro atoms. The van der Waals surface area contributed by atoms with Gasteiger partial charge in [-0.15, -0.1) is 0 Å². The second kappa shape index (κ2) is 3.19.